The molecule has 9 nitrogen and oxygen atoms in total. The predicted molar refractivity (Wildman–Crippen MR) is 146 cm³/mol. The Hall–Kier alpha value is -3.95. The number of carboxylic acid groups (broad SMARTS) is 1. The Morgan fingerprint density at radius 2 is 1.75 bits per heavy atom. The number of aliphatic hydroxyl groups excluding tert-OH is 1. The van der Waals surface area contributed by atoms with Crippen molar-refractivity contribution in [3.8, 4) is 28.5 Å². The van der Waals surface area contributed by atoms with E-state index in [1.54, 1.807) is 24.3 Å². The Morgan fingerprint density at radius 3 is 2.41 bits per heavy atom. The molecule has 5 rings (SSSR count). The minimum Gasteiger partial charge on any atom is -0.481 e. The Morgan fingerprint density at radius 1 is 1.05 bits per heavy atom. The first-order chi connectivity index (χ1) is 20.3. The molecule has 0 spiro atoms. The molecule has 44 heavy (non-hydrogen) atoms. The second-order valence-electron chi connectivity index (χ2n) is 10.3. The van der Waals surface area contributed by atoms with Crippen molar-refractivity contribution in [1.29, 1.82) is 0 Å². The number of halogens is 7. The van der Waals surface area contributed by atoms with Gasteiger partial charge in [0, 0.05) is 25.1 Å². The van der Waals surface area contributed by atoms with Crippen LogP contribution in [0, 0.1) is 5.92 Å². The monoisotopic (exact) mass is 645 g/mol. The van der Waals surface area contributed by atoms with Crippen molar-refractivity contribution in [3.05, 3.63) is 71.5 Å². The van der Waals surface area contributed by atoms with Crippen LogP contribution in [0.3, 0.4) is 0 Å². The highest BCUT2D eigenvalue weighted by atomic mass is 35.5. The second-order valence-corrected chi connectivity index (χ2v) is 10.3. The molecule has 0 radical (unpaired) electrons. The molecule has 0 amide bonds. The largest absolute Gasteiger partial charge is 0.481 e. The minimum atomic E-state index is -5.13. The SMILES string of the molecule is Cl.O=C(O)C[C@H]1CCCN(C[C@@H](O)c2ccc(-c3noc(-c4cnn(-c5ccccc5C(F)(F)F)c4C(F)(F)F)n3)cc2)C1. The zero-order valence-electron chi connectivity index (χ0n) is 22.7. The third kappa shape index (κ3) is 7.22. The summed E-state index contributed by atoms with van der Waals surface area (Å²) in [7, 11) is 0. The average molecular weight is 646 g/mol. The molecule has 1 aliphatic rings. The van der Waals surface area contributed by atoms with Gasteiger partial charge in [-0.3, -0.25) is 4.79 Å². The second kappa shape index (κ2) is 13.0. The summed E-state index contributed by atoms with van der Waals surface area (Å²) in [5.74, 6) is -1.52. The summed E-state index contributed by atoms with van der Waals surface area (Å²) in [6.45, 7) is 1.59. The maximum atomic E-state index is 14.2. The quantitative estimate of drug-likeness (QED) is 0.216. The van der Waals surface area contributed by atoms with Crippen LogP contribution in [-0.4, -0.2) is 60.6 Å². The van der Waals surface area contributed by atoms with Gasteiger partial charge in [0.15, 0.2) is 5.69 Å². The van der Waals surface area contributed by atoms with Gasteiger partial charge in [0.05, 0.1) is 29.1 Å². The summed E-state index contributed by atoms with van der Waals surface area (Å²) in [5.41, 5.74) is -3.42. The lowest BCUT2D eigenvalue weighted by Crippen LogP contribution is -2.38. The van der Waals surface area contributed by atoms with Gasteiger partial charge in [-0.15, -0.1) is 12.4 Å². The van der Waals surface area contributed by atoms with Crippen LogP contribution in [0.2, 0.25) is 0 Å². The Bertz CT molecular complexity index is 1590. The van der Waals surface area contributed by atoms with E-state index in [2.05, 4.69) is 15.2 Å². The van der Waals surface area contributed by atoms with E-state index >= 15 is 0 Å². The van der Waals surface area contributed by atoms with Gasteiger partial charge >= 0.3 is 18.3 Å². The highest BCUT2D eigenvalue weighted by Gasteiger charge is 2.43. The zero-order valence-corrected chi connectivity index (χ0v) is 23.5. The number of carbonyl (C=O) groups is 1. The lowest BCUT2D eigenvalue weighted by atomic mass is 9.94. The van der Waals surface area contributed by atoms with Crippen molar-refractivity contribution in [2.24, 2.45) is 5.92 Å². The van der Waals surface area contributed by atoms with Crippen molar-refractivity contribution in [3.63, 3.8) is 0 Å². The molecule has 2 aromatic carbocycles. The van der Waals surface area contributed by atoms with E-state index in [-0.39, 0.29) is 35.3 Å². The zero-order chi connectivity index (χ0) is 30.9. The molecule has 2 atom stereocenters. The fourth-order valence-electron chi connectivity index (χ4n) is 5.24. The molecule has 0 aliphatic carbocycles. The summed E-state index contributed by atoms with van der Waals surface area (Å²) >= 11 is 0. The summed E-state index contributed by atoms with van der Waals surface area (Å²) in [6.07, 6.45) is -8.51. The Labute approximate surface area is 252 Å². The summed E-state index contributed by atoms with van der Waals surface area (Å²) in [5, 5.41) is 27.1. The smallest absolute Gasteiger partial charge is 0.434 e. The van der Waals surface area contributed by atoms with E-state index in [9.17, 15) is 36.2 Å². The van der Waals surface area contributed by atoms with E-state index in [0.717, 1.165) is 31.5 Å². The van der Waals surface area contributed by atoms with Crippen molar-refractivity contribution >= 4 is 18.4 Å². The maximum absolute atomic E-state index is 14.2. The molecule has 16 heteroatoms. The molecule has 2 aromatic heterocycles. The Balaban J connectivity index is 0.00000442. The first-order valence-electron chi connectivity index (χ1n) is 13.2. The number of likely N-dealkylation sites (tertiary alicyclic amines) is 1. The van der Waals surface area contributed by atoms with Gasteiger partial charge in [-0.05, 0) is 43.0 Å². The first kappa shape index (κ1) is 33.0. The van der Waals surface area contributed by atoms with Gasteiger partial charge in [0.2, 0.25) is 5.82 Å². The van der Waals surface area contributed by atoms with E-state index in [0.29, 0.717) is 36.5 Å². The standard InChI is InChI=1S/C28H25F6N5O4.ClH/c29-27(30,31)20-5-1-2-6-21(20)39-24(28(32,33)34)19(13-35-39)26-36-25(37-43-26)18-9-7-17(8-10-18)22(40)15-38-11-3-4-16(14-38)12-23(41)42;/h1-2,5-10,13,16,22,40H,3-4,11-12,14-15H2,(H,41,42);1H/t16-,22-;/m1./s1. The predicted octanol–water partition coefficient (Wildman–Crippen LogP) is 6.27. The fraction of sp³-hybridized carbons (Fsp3) is 0.357. The maximum Gasteiger partial charge on any atom is 0.434 e. The van der Waals surface area contributed by atoms with E-state index in [1.165, 1.54) is 6.07 Å². The molecule has 0 saturated carbocycles. The molecule has 3 heterocycles. The normalized spacial score (nSPS) is 16.8. The van der Waals surface area contributed by atoms with Crippen LogP contribution in [0.4, 0.5) is 26.3 Å². The molecule has 1 saturated heterocycles. The van der Waals surface area contributed by atoms with Crippen LogP contribution in [0.25, 0.3) is 28.5 Å². The van der Waals surface area contributed by atoms with Gasteiger partial charge in [0.25, 0.3) is 5.89 Å². The van der Waals surface area contributed by atoms with Crippen LogP contribution < -0.4 is 0 Å². The van der Waals surface area contributed by atoms with Gasteiger partial charge in [-0.25, -0.2) is 4.68 Å². The molecular formula is C28H26ClF6N5O4. The molecule has 4 aromatic rings. The van der Waals surface area contributed by atoms with Gasteiger partial charge in [-0.1, -0.05) is 41.6 Å². The number of rotatable bonds is 8. The number of hydrogen-bond donors (Lipinski definition) is 2. The Kier molecular flexibility index (Phi) is 9.71. The van der Waals surface area contributed by atoms with Crippen molar-refractivity contribution in [2.45, 2.75) is 37.7 Å². The third-order valence-corrected chi connectivity index (χ3v) is 7.18. The van der Waals surface area contributed by atoms with Crippen molar-refractivity contribution < 1.29 is 45.9 Å². The first-order valence-corrected chi connectivity index (χ1v) is 13.2. The lowest BCUT2D eigenvalue weighted by molar-refractivity contribution is -0.144. The van der Waals surface area contributed by atoms with Gasteiger partial charge in [0.1, 0.15) is 0 Å². The molecular weight excluding hydrogens is 620 g/mol. The van der Waals surface area contributed by atoms with Crippen LogP contribution in [0.5, 0.6) is 0 Å². The highest BCUT2D eigenvalue weighted by Crippen LogP contribution is 2.41. The number of para-hydroxylation sites is 1. The van der Waals surface area contributed by atoms with Crippen LogP contribution >= 0.6 is 12.4 Å². The van der Waals surface area contributed by atoms with Gasteiger partial charge < -0.3 is 19.6 Å². The fourth-order valence-corrected chi connectivity index (χ4v) is 5.24. The number of aliphatic hydroxyl groups is 1. The summed E-state index contributed by atoms with van der Waals surface area (Å²) < 4.78 is 88.3. The molecule has 0 bridgehead atoms. The van der Waals surface area contributed by atoms with Gasteiger partial charge in [-0.2, -0.15) is 36.4 Å². The number of alkyl halides is 6. The van der Waals surface area contributed by atoms with Crippen molar-refractivity contribution in [2.75, 3.05) is 19.6 Å². The van der Waals surface area contributed by atoms with E-state index in [1.807, 2.05) is 4.90 Å². The number of carboxylic acids is 1. The van der Waals surface area contributed by atoms with Crippen LogP contribution in [0.15, 0.2) is 59.3 Å². The number of nitrogens with zero attached hydrogens (tertiary/aromatic N) is 5. The highest BCUT2D eigenvalue weighted by molar-refractivity contribution is 5.85. The number of aliphatic carboxylic acids is 1. The number of piperidine rings is 1. The third-order valence-electron chi connectivity index (χ3n) is 7.18. The molecule has 2 N–H and O–H groups in total. The minimum absolute atomic E-state index is 0. The molecule has 1 aliphatic heterocycles. The molecule has 236 valence electrons. The number of β-amino-alcohol motifs (C(OH)–C–C–N with tert-alkyl or cyclic N) is 1. The number of hydrogen-bond acceptors (Lipinski definition) is 7. The molecule has 1 fully saturated rings. The van der Waals surface area contributed by atoms with Crippen LogP contribution in [0.1, 0.15) is 42.2 Å². The topological polar surface area (TPSA) is 118 Å². The number of aromatic nitrogens is 4. The summed E-state index contributed by atoms with van der Waals surface area (Å²) in [4.78, 5) is 17.1. The van der Waals surface area contributed by atoms with Crippen LogP contribution in [-0.2, 0) is 17.1 Å². The molecule has 0 unspecified atom stereocenters. The van der Waals surface area contributed by atoms with E-state index < -0.39 is 52.8 Å². The lowest BCUT2D eigenvalue weighted by Gasteiger charge is -2.33. The van der Waals surface area contributed by atoms with Crippen molar-refractivity contribution in [1.82, 2.24) is 24.8 Å². The number of benzene rings is 2. The average Bonchev–Trinajstić information content (AvgIpc) is 3.60. The van der Waals surface area contributed by atoms with E-state index in [4.69, 9.17) is 9.63 Å². The summed E-state index contributed by atoms with van der Waals surface area (Å²) in [6, 6.07) is 10.1.